The summed E-state index contributed by atoms with van der Waals surface area (Å²) >= 11 is 0. The van der Waals surface area contributed by atoms with Crippen LogP contribution in [0, 0.1) is 32.9 Å². The summed E-state index contributed by atoms with van der Waals surface area (Å²) in [5.41, 5.74) is 14.5. The van der Waals surface area contributed by atoms with E-state index in [0.29, 0.717) is 0 Å². The van der Waals surface area contributed by atoms with E-state index in [9.17, 15) is 0 Å². The molecule has 0 bridgehead atoms. The van der Waals surface area contributed by atoms with Crippen molar-refractivity contribution in [3.63, 3.8) is 0 Å². The molecule has 5 aromatic rings. The monoisotopic (exact) mass is 712 g/mol. The average molecular weight is 712 g/mol. The van der Waals surface area contributed by atoms with E-state index in [1.807, 2.05) is 25.4 Å². The number of pyridine rings is 1. The predicted molar refractivity (Wildman–Crippen MR) is 164 cm³/mol. The van der Waals surface area contributed by atoms with E-state index >= 15 is 0 Å². The van der Waals surface area contributed by atoms with Gasteiger partial charge in [0.1, 0.15) is 5.69 Å². The second-order valence-electron chi connectivity index (χ2n) is 11.2. The van der Waals surface area contributed by atoms with E-state index < -0.39 is 0 Å². The molecule has 1 aliphatic carbocycles. The van der Waals surface area contributed by atoms with Crippen LogP contribution in [0.4, 0.5) is 17.1 Å². The smallest absolute Gasteiger partial charge is 0.304 e. The van der Waals surface area contributed by atoms with Gasteiger partial charge in [-0.15, -0.1) is 47.0 Å². The Morgan fingerprint density at radius 2 is 1.54 bits per heavy atom. The van der Waals surface area contributed by atoms with Gasteiger partial charge < -0.3 is 4.98 Å². The summed E-state index contributed by atoms with van der Waals surface area (Å²) in [5, 5.41) is 0. The Balaban J connectivity index is 0.000000182. The number of rotatable bonds is 2. The molecule has 0 unspecified atom stereocenters. The van der Waals surface area contributed by atoms with Gasteiger partial charge in [-0.1, -0.05) is 83.5 Å². The van der Waals surface area contributed by atoms with Gasteiger partial charge in [0.2, 0.25) is 0 Å². The van der Waals surface area contributed by atoms with Crippen LogP contribution in [0.2, 0.25) is 0 Å². The third-order valence-electron chi connectivity index (χ3n) is 8.07. The number of aromatic nitrogens is 1. The van der Waals surface area contributed by atoms with Crippen molar-refractivity contribution in [1.29, 1.82) is 0 Å². The van der Waals surface area contributed by atoms with Gasteiger partial charge >= 0.3 is 6.01 Å². The summed E-state index contributed by atoms with van der Waals surface area (Å²) in [4.78, 5) is 4.41. The molecule has 2 aliphatic rings. The maximum absolute atomic E-state index is 4.41. The average Bonchev–Trinajstić information content (AvgIpc) is 3.42. The minimum absolute atomic E-state index is 0. The summed E-state index contributed by atoms with van der Waals surface area (Å²) in [6.45, 7) is 10.9. The summed E-state index contributed by atoms with van der Waals surface area (Å²) < 4.78 is 4.21. The van der Waals surface area contributed by atoms with Crippen molar-refractivity contribution in [2.75, 3.05) is 7.05 Å². The van der Waals surface area contributed by atoms with Crippen molar-refractivity contribution in [1.82, 2.24) is 9.56 Å². The van der Waals surface area contributed by atoms with Crippen molar-refractivity contribution in [2.24, 2.45) is 0 Å². The van der Waals surface area contributed by atoms with E-state index in [1.54, 1.807) is 0 Å². The van der Waals surface area contributed by atoms with Crippen molar-refractivity contribution < 1.29 is 24.7 Å². The number of fused-ring (bicyclic) bond motifs is 4. The summed E-state index contributed by atoms with van der Waals surface area (Å²) in [6, 6.07) is 39.8. The molecule has 4 aromatic carbocycles. The first-order valence-corrected chi connectivity index (χ1v) is 13.7. The third kappa shape index (κ3) is 5.04. The fourth-order valence-electron chi connectivity index (χ4n) is 5.72. The Kier molecular flexibility index (Phi) is 7.77. The first-order chi connectivity index (χ1) is 19.3. The molecule has 0 atom stereocenters. The number of nitrogens with zero attached hydrogens (tertiary/aromatic N) is 3. The molecule has 41 heavy (non-hydrogen) atoms. The molecule has 0 saturated heterocycles. The Hall–Kier alpha value is -3.94. The Morgan fingerprint density at radius 3 is 2.27 bits per heavy atom. The molecule has 0 N–H and O–H groups in total. The molecule has 7 rings (SSSR count). The van der Waals surface area contributed by atoms with E-state index in [0.717, 1.165) is 22.6 Å². The zero-order valence-electron chi connectivity index (χ0n) is 24.3. The van der Waals surface area contributed by atoms with Gasteiger partial charge in [-0.2, -0.15) is 12.1 Å². The molecule has 4 heteroatoms. The van der Waals surface area contributed by atoms with Crippen molar-refractivity contribution in [3.05, 3.63) is 131 Å². The van der Waals surface area contributed by atoms with Crippen LogP contribution in [0.1, 0.15) is 41.7 Å². The molecule has 0 spiro atoms. The topological polar surface area (TPSA) is 18.9 Å². The molecule has 1 aromatic heterocycles. The molecule has 205 valence electrons. The van der Waals surface area contributed by atoms with Gasteiger partial charge in [0.25, 0.3) is 11.4 Å². The fraction of sp³-hybridized carbons (Fsp3) is 0.189. The van der Waals surface area contributed by atoms with Gasteiger partial charge in [0, 0.05) is 38.4 Å². The van der Waals surface area contributed by atoms with Crippen molar-refractivity contribution in [3.8, 4) is 22.4 Å². The molecule has 0 fully saturated rings. The predicted octanol–water partition coefficient (Wildman–Crippen LogP) is 8.56. The third-order valence-corrected chi connectivity index (χ3v) is 8.07. The first kappa shape index (κ1) is 28.6. The van der Waals surface area contributed by atoms with Crippen LogP contribution >= 0.6 is 0 Å². The Morgan fingerprint density at radius 1 is 0.805 bits per heavy atom. The van der Waals surface area contributed by atoms with Crippen LogP contribution < -0.4 is 4.58 Å². The van der Waals surface area contributed by atoms with Gasteiger partial charge in [0.05, 0.1) is 0 Å². The van der Waals surface area contributed by atoms with E-state index in [4.69, 9.17) is 0 Å². The van der Waals surface area contributed by atoms with Crippen LogP contribution in [0.25, 0.3) is 22.4 Å². The number of para-hydroxylation sites is 2. The molecule has 1 radical (unpaired) electrons. The van der Waals surface area contributed by atoms with Crippen LogP contribution in [-0.4, -0.2) is 22.6 Å². The van der Waals surface area contributed by atoms with E-state index in [1.165, 1.54) is 44.6 Å². The summed E-state index contributed by atoms with van der Waals surface area (Å²) in [7, 11) is 2.04. The Labute approximate surface area is 256 Å². The SMILES string of the molecule is C[N+]1=C=[N+](c2[c-]ccc3c2C(C)(C)c2ccccc2-3)c2ccccc21.Cc1c[c-]c(-c2cc(C)c(C)cn2)cc1.[Ir]. The van der Waals surface area contributed by atoms with Crippen LogP contribution in [0.3, 0.4) is 0 Å². The normalized spacial score (nSPS) is 13.5. The van der Waals surface area contributed by atoms with E-state index in [-0.39, 0.29) is 25.5 Å². The summed E-state index contributed by atoms with van der Waals surface area (Å²) in [5.74, 6) is 0. The zero-order valence-corrected chi connectivity index (χ0v) is 26.7. The maximum atomic E-state index is 4.41. The Bertz CT molecular complexity index is 1840. The van der Waals surface area contributed by atoms with Crippen LogP contribution in [0.5, 0.6) is 0 Å². The fourth-order valence-corrected chi connectivity index (χ4v) is 5.72. The summed E-state index contributed by atoms with van der Waals surface area (Å²) in [6.07, 6.45) is 1.92. The van der Waals surface area contributed by atoms with Crippen molar-refractivity contribution >= 4 is 23.1 Å². The number of hydrogen-bond acceptors (Lipinski definition) is 1. The van der Waals surface area contributed by atoms with Gasteiger partial charge in [-0.05, 0) is 41.6 Å². The molecular weight excluding hydrogens is 679 g/mol. The minimum atomic E-state index is -0.0587. The van der Waals surface area contributed by atoms with Gasteiger partial charge in [-0.25, -0.2) is 0 Å². The second kappa shape index (κ2) is 11.1. The molecule has 1 aliphatic heterocycles. The molecule has 2 heterocycles. The molecule has 3 nitrogen and oxygen atoms in total. The van der Waals surface area contributed by atoms with Crippen molar-refractivity contribution in [2.45, 2.75) is 40.0 Å². The van der Waals surface area contributed by atoms with Gasteiger partial charge in [0.15, 0.2) is 7.05 Å². The van der Waals surface area contributed by atoms with Gasteiger partial charge in [-0.3, -0.25) is 0 Å². The molecule has 0 saturated carbocycles. The van der Waals surface area contributed by atoms with E-state index in [2.05, 4.69) is 140 Å². The second-order valence-corrected chi connectivity index (χ2v) is 11.2. The quantitative estimate of drug-likeness (QED) is 0.133. The maximum Gasteiger partial charge on any atom is 0.494 e. The number of hydrogen-bond donors (Lipinski definition) is 0. The standard InChI is InChI=1S/C23H19N2.C14H14N.Ir/c1-23(2)18-11-5-4-9-16(18)17-10-8-14-21(22(17)23)25-15-24(3)19-12-6-7-13-20(19)25;1-10-4-6-13(7-5-10)14-8-11(2)12(3)9-15-14;/h4-13H,1-3H3;4-6,8-9H,1-3H3;/q+1;-1;. The molecular formula is C37H33IrN3. The first-order valence-electron chi connectivity index (χ1n) is 13.7. The molecule has 0 amide bonds. The number of benzene rings is 4. The van der Waals surface area contributed by atoms with Crippen LogP contribution in [-0.2, 0) is 25.5 Å². The van der Waals surface area contributed by atoms with Crippen LogP contribution in [0.15, 0.2) is 91.1 Å². The zero-order chi connectivity index (χ0) is 28.0. The largest absolute Gasteiger partial charge is 0.494 e. The number of aryl methyl sites for hydroxylation is 3. The minimum Gasteiger partial charge on any atom is -0.304 e.